The van der Waals surface area contributed by atoms with E-state index in [1.54, 1.807) is 0 Å². The lowest BCUT2D eigenvalue weighted by atomic mass is 9.99. The Morgan fingerprint density at radius 2 is 1.86 bits per heavy atom. The zero-order valence-corrected chi connectivity index (χ0v) is 13.4. The third-order valence-corrected chi connectivity index (χ3v) is 4.52. The molecule has 4 heteroatoms. The Labute approximate surface area is 131 Å². The zero-order chi connectivity index (χ0) is 15.0. The molecule has 0 aliphatic carbocycles. The predicted molar refractivity (Wildman–Crippen MR) is 89.0 cm³/mol. The molecule has 0 atom stereocenters. The van der Waals surface area contributed by atoms with Gasteiger partial charge < -0.3 is 10.3 Å². The Morgan fingerprint density at radius 1 is 1.10 bits per heavy atom. The summed E-state index contributed by atoms with van der Waals surface area (Å²) in [6, 6.07) is 14.2. The van der Waals surface area contributed by atoms with E-state index >= 15 is 0 Å². The molecule has 0 amide bonds. The molecule has 0 fully saturated rings. The van der Waals surface area contributed by atoms with E-state index < -0.39 is 0 Å². The Balaban J connectivity index is 2.24. The summed E-state index contributed by atoms with van der Waals surface area (Å²) in [6.07, 6.45) is 0. The van der Waals surface area contributed by atoms with Crippen molar-refractivity contribution in [2.24, 2.45) is 0 Å². The Bertz CT molecular complexity index is 808. The molecule has 2 N–H and O–H groups in total. The van der Waals surface area contributed by atoms with Gasteiger partial charge in [-0.25, -0.2) is 0 Å². The van der Waals surface area contributed by atoms with Crippen LogP contribution in [0.5, 0.6) is 0 Å². The maximum Gasteiger partial charge on any atom is 0.230 e. The van der Waals surface area contributed by atoms with Crippen LogP contribution in [0, 0.1) is 13.8 Å². The van der Waals surface area contributed by atoms with Gasteiger partial charge in [0.05, 0.1) is 5.56 Å². The largest absolute Gasteiger partial charge is 0.367 e. The van der Waals surface area contributed by atoms with Gasteiger partial charge in [0.1, 0.15) is 5.69 Å². The van der Waals surface area contributed by atoms with Gasteiger partial charge >= 0.3 is 0 Å². The SMILES string of the molecule is Cc1cccc(-c2c(-c3cccc(C)c3Br)noc2N)c1. The second kappa shape index (κ2) is 5.37. The summed E-state index contributed by atoms with van der Waals surface area (Å²) in [5.74, 6) is 0.337. The normalized spacial score (nSPS) is 10.8. The summed E-state index contributed by atoms with van der Waals surface area (Å²) >= 11 is 3.62. The quantitative estimate of drug-likeness (QED) is 0.715. The van der Waals surface area contributed by atoms with Crippen LogP contribution in [0.3, 0.4) is 0 Å². The van der Waals surface area contributed by atoms with Crippen LogP contribution < -0.4 is 5.73 Å². The number of nitrogens with two attached hydrogens (primary N) is 1. The number of aryl methyl sites for hydroxylation is 2. The van der Waals surface area contributed by atoms with Gasteiger partial charge in [-0.3, -0.25) is 0 Å². The van der Waals surface area contributed by atoms with Gasteiger partial charge in [0.25, 0.3) is 0 Å². The molecule has 1 heterocycles. The molecule has 21 heavy (non-hydrogen) atoms. The van der Waals surface area contributed by atoms with Gasteiger partial charge in [-0.15, -0.1) is 0 Å². The fourth-order valence-corrected chi connectivity index (χ4v) is 2.85. The van der Waals surface area contributed by atoms with Crippen LogP contribution >= 0.6 is 15.9 Å². The molecule has 0 spiro atoms. The first-order chi connectivity index (χ1) is 10.1. The lowest BCUT2D eigenvalue weighted by Gasteiger charge is -2.07. The number of hydrogen-bond donors (Lipinski definition) is 1. The maximum atomic E-state index is 6.00. The van der Waals surface area contributed by atoms with Crippen LogP contribution in [0.15, 0.2) is 51.5 Å². The Kier molecular flexibility index (Phi) is 3.55. The number of nitrogen functional groups attached to an aromatic ring is 1. The van der Waals surface area contributed by atoms with Gasteiger partial charge in [0.15, 0.2) is 0 Å². The number of aromatic nitrogens is 1. The van der Waals surface area contributed by atoms with E-state index in [0.717, 1.165) is 32.4 Å². The standard InChI is InChI=1S/C17H15BrN2O/c1-10-5-3-7-12(9-10)14-16(20-21-17(14)19)13-8-4-6-11(2)15(13)18/h3-9H,19H2,1-2H3. The number of anilines is 1. The molecule has 3 nitrogen and oxygen atoms in total. The highest BCUT2D eigenvalue weighted by atomic mass is 79.9. The third-order valence-electron chi connectivity index (χ3n) is 3.47. The molecule has 106 valence electrons. The fraction of sp³-hybridized carbons (Fsp3) is 0.118. The molecule has 0 saturated carbocycles. The number of nitrogens with zero attached hydrogens (tertiary/aromatic N) is 1. The van der Waals surface area contributed by atoms with Crippen LogP contribution in [0.2, 0.25) is 0 Å². The summed E-state index contributed by atoms with van der Waals surface area (Å²) in [4.78, 5) is 0. The molecule has 3 aromatic rings. The maximum absolute atomic E-state index is 6.00. The van der Waals surface area contributed by atoms with Gasteiger partial charge in [-0.05, 0) is 40.9 Å². The number of rotatable bonds is 2. The molecule has 0 aliphatic heterocycles. The van der Waals surface area contributed by atoms with Crippen molar-refractivity contribution in [1.29, 1.82) is 0 Å². The van der Waals surface area contributed by atoms with E-state index in [-0.39, 0.29) is 0 Å². The monoisotopic (exact) mass is 342 g/mol. The van der Waals surface area contributed by atoms with E-state index in [4.69, 9.17) is 10.3 Å². The molecule has 0 aliphatic rings. The highest BCUT2D eigenvalue weighted by Gasteiger charge is 2.19. The number of halogens is 1. The first kappa shape index (κ1) is 13.9. The molecule has 1 aromatic heterocycles. The van der Waals surface area contributed by atoms with E-state index in [1.165, 1.54) is 5.56 Å². The average Bonchev–Trinajstić information content (AvgIpc) is 2.83. The number of benzene rings is 2. The van der Waals surface area contributed by atoms with Gasteiger partial charge in [0.2, 0.25) is 5.88 Å². The summed E-state index contributed by atoms with van der Waals surface area (Å²) < 4.78 is 6.25. The smallest absolute Gasteiger partial charge is 0.230 e. The van der Waals surface area contributed by atoms with Crippen molar-refractivity contribution in [2.75, 3.05) is 5.73 Å². The highest BCUT2D eigenvalue weighted by Crippen LogP contribution is 2.40. The van der Waals surface area contributed by atoms with Crippen molar-refractivity contribution in [3.8, 4) is 22.4 Å². The van der Waals surface area contributed by atoms with E-state index in [2.05, 4.69) is 40.1 Å². The minimum atomic E-state index is 0.337. The first-order valence-corrected chi connectivity index (χ1v) is 7.45. The molecular weight excluding hydrogens is 328 g/mol. The fourth-order valence-electron chi connectivity index (χ4n) is 2.40. The Morgan fingerprint density at radius 3 is 2.62 bits per heavy atom. The molecule has 0 saturated heterocycles. The minimum absolute atomic E-state index is 0.337. The van der Waals surface area contributed by atoms with Gasteiger partial charge in [0, 0.05) is 10.0 Å². The number of hydrogen-bond acceptors (Lipinski definition) is 3. The van der Waals surface area contributed by atoms with Crippen molar-refractivity contribution in [1.82, 2.24) is 5.16 Å². The van der Waals surface area contributed by atoms with E-state index in [0.29, 0.717) is 5.88 Å². The molecule has 3 rings (SSSR count). The van der Waals surface area contributed by atoms with Gasteiger partial charge in [-0.2, -0.15) is 0 Å². The van der Waals surface area contributed by atoms with Crippen LogP contribution in [-0.2, 0) is 0 Å². The van der Waals surface area contributed by atoms with E-state index in [1.807, 2.05) is 37.3 Å². The average molecular weight is 343 g/mol. The lowest BCUT2D eigenvalue weighted by molar-refractivity contribution is 0.439. The van der Waals surface area contributed by atoms with Crippen molar-refractivity contribution in [3.63, 3.8) is 0 Å². The lowest BCUT2D eigenvalue weighted by Crippen LogP contribution is -1.90. The van der Waals surface area contributed by atoms with Crippen molar-refractivity contribution in [3.05, 3.63) is 58.1 Å². The minimum Gasteiger partial charge on any atom is -0.367 e. The van der Waals surface area contributed by atoms with Crippen LogP contribution in [0.4, 0.5) is 5.88 Å². The second-order valence-corrected chi connectivity index (χ2v) is 5.87. The molecule has 0 unspecified atom stereocenters. The van der Waals surface area contributed by atoms with E-state index in [9.17, 15) is 0 Å². The van der Waals surface area contributed by atoms with Crippen molar-refractivity contribution < 1.29 is 4.52 Å². The van der Waals surface area contributed by atoms with Crippen molar-refractivity contribution in [2.45, 2.75) is 13.8 Å². The molecule has 2 aromatic carbocycles. The summed E-state index contributed by atoms with van der Waals surface area (Å²) in [6.45, 7) is 4.10. The predicted octanol–water partition coefficient (Wildman–Crippen LogP) is 4.97. The first-order valence-electron chi connectivity index (χ1n) is 6.65. The topological polar surface area (TPSA) is 52.0 Å². The summed E-state index contributed by atoms with van der Waals surface area (Å²) in [5.41, 5.74) is 11.9. The summed E-state index contributed by atoms with van der Waals surface area (Å²) in [5, 5.41) is 4.16. The third kappa shape index (κ3) is 2.47. The van der Waals surface area contributed by atoms with Crippen LogP contribution in [0.25, 0.3) is 22.4 Å². The molecule has 0 radical (unpaired) electrons. The molecular formula is C17H15BrN2O. The second-order valence-electron chi connectivity index (χ2n) is 5.08. The van der Waals surface area contributed by atoms with Gasteiger partial charge in [-0.1, -0.05) is 53.2 Å². The summed E-state index contributed by atoms with van der Waals surface area (Å²) in [7, 11) is 0. The zero-order valence-electron chi connectivity index (χ0n) is 11.9. The van der Waals surface area contributed by atoms with Crippen molar-refractivity contribution >= 4 is 21.8 Å². The Hall–Kier alpha value is -2.07. The van der Waals surface area contributed by atoms with Crippen LogP contribution in [-0.4, -0.2) is 5.16 Å². The molecule has 0 bridgehead atoms. The van der Waals surface area contributed by atoms with Crippen LogP contribution in [0.1, 0.15) is 11.1 Å². The highest BCUT2D eigenvalue weighted by molar-refractivity contribution is 9.10.